The van der Waals surface area contributed by atoms with Crippen LogP contribution in [-0.2, 0) is 23.9 Å². The van der Waals surface area contributed by atoms with Crippen molar-refractivity contribution < 1.29 is 29.0 Å². The molecule has 0 saturated carbocycles. The SMILES string of the molecule is CCOC(=O)C1CCN(CC2OC(CO)=CC(=O)C2=O)CC1. The second-order valence-electron chi connectivity index (χ2n) is 5.43. The monoisotopic (exact) mass is 311 g/mol. The van der Waals surface area contributed by atoms with Crippen LogP contribution in [0.2, 0.25) is 0 Å². The number of carbonyl (C=O) groups is 3. The van der Waals surface area contributed by atoms with Gasteiger partial charge in [-0.1, -0.05) is 0 Å². The summed E-state index contributed by atoms with van der Waals surface area (Å²) in [6, 6.07) is 0. The summed E-state index contributed by atoms with van der Waals surface area (Å²) < 4.78 is 10.4. The van der Waals surface area contributed by atoms with Crippen molar-refractivity contribution in [2.45, 2.75) is 25.9 Å². The molecule has 1 N–H and O–H groups in total. The highest BCUT2D eigenvalue weighted by Gasteiger charge is 2.34. The molecule has 0 amide bonds. The van der Waals surface area contributed by atoms with Crippen LogP contribution in [0, 0.1) is 5.92 Å². The number of esters is 1. The van der Waals surface area contributed by atoms with Crippen molar-refractivity contribution in [1.82, 2.24) is 4.90 Å². The average molecular weight is 311 g/mol. The van der Waals surface area contributed by atoms with Crippen LogP contribution >= 0.6 is 0 Å². The van der Waals surface area contributed by atoms with Crippen molar-refractivity contribution in [2.75, 3.05) is 32.8 Å². The average Bonchev–Trinajstić information content (AvgIpc) is 2.52. The molecule has 0 aromatic heterocycles. The maximum atomic E-state index is 11.8. The number of nitrogens with zero attached hydrogens (tertiary/aromatic N) is 1. The number of aliphatic hydroxyl groups is 1. The Morgan fingerprint density at radius 3 is 2.68 bits per heavy atom. The Bertz CT molecular complexity index is 478. The molecule has 1 fully saturated rings. The van der Waals surface area contributed by atoms with Gasteiger partial charge in [0.2, 0.25) is 11.6 Å². The molecule has 2 heterocycles. The van der Waals surface area contributed by atoms with E-state index in [2.05, 4.69) is 0 Å². The minimum atomic E-state index is -0.876. The summed E-state index contributed by atoms with van der Waals surface area (Å²) in [7, 11) is 0. The van der Waals surface area contributed by atoms with Gasteiger partial charge in [0.1, 0.15) is 12.4 Å². The number of piperidine rings is 1. The van der Waals surface area contributed by atoms with Crippen LogP contribution in [0.25, 0.3) is 0 Å². The van der Waals surface area contributed by atoms with Gasteiger partial charge in [-0.2, -0.15) is 0 Å². The Hall–Kier alpha value is -1.73. The van der Waals surface area contributed by atoms with Crippen LogP contribution in [0.4, 0.5) is 0 Å². The van der Waals surface area contributed by atoms with E-state index >= 15 is 0 Å². The van der Waals surface area contributed by atoms with E-state index in [0.717, 1.165) is 6.08 Å². The van der Waals surface area contributed by atoms with Gasteiger partial charge in [0, 0.05) is 12.6 Å². The number of carbonyl (C=O) groups excluding carboxylic acids is 3. The molecule has 0 aromatic carbocycles. The fourth-order valence-corrected chi connectivity index (χ4v) is 2.70. The van der Waals surface area contributed by atoms with Gasteiger partial charge in [-0.3, -0.25) is 19.3 Å². The van der Waals surface area contributed by atoms with E-state index in [0.29, 0.717) is 32.5 Å². The van der Waals surface area contributed by atoms with Crippen molar-refractivity contribution in [3.8, 4) is 0 Å². The summed E-state index contributed by atoms with van der Waals surface area (Å²) in [6.45, 7) is 3.33. The maximum absolute atomic E-state index is 11.8. The molecular formula is C15H21NO6. The Morgan fingerprint density at radius 2 is 2.09 bits per heavy atom. The smallest absolute Gasteiger partial charge is 0.309 e. The number of hydrogen-bond acceptors (Lipinski definition) is 7. The normalized spacial score (nSPS) is 23.9. The Morgan fingerprint density at radius 1 is 1.41 bits per heavy atom. The molecule has 2 aliphatic rings. The van der Waals surface area contributed by atoms with Gasteiger partial charge < -0.3 is 14.6 Å². The lowest BCUT2D eigenvalue weighted by atomic mass is 9.96. The topological polar surface area (TPSA) is 93.1 Å². The third kappa shape index (κ3) is 3.92. The molecule has 2 aliphatic heterocycles. The van der Waals surface area contributed by atoms with Gasteiger partial charge in [-0.15, -0.1) is 0 Å². The molecule has 0 aromatic rings. The lowest BCUT2D eigenvalue weighted by Gasteiger charge is -2.33. The zero-order valence-corrected chi connectivity index (χ0v) is 12.6. The minimum Gasteiger partial charge on any atom is -0.483 e. The summed E-state index contributed by atoms with van der Waals surface area (Å²) >= 11 is 0. The molecule has 1 saturated heterocycles. The van der Waals surface area contributed by atoms with Crippen LogP contribution in [0.15, 0.2) is 11.8 Å². The molecule has 0 spiro atoms. The van der Waals surface area contributed by atoms with E-state index in [1.165, 1.54) is 0 Å². The number of aliphatic hydroxyl groups excluding tert-OH is 1. The number of likely N-dealkylation sites (tertiary alicyclic amines) is 1. The summed E-state index contributed by atoms with van der Waals surface area (Å²) in [4.78, 5) is 37.0. The summed E-state index contributed by atoms with van der Waals surface area (Å²) in [5.74, 6) is -1.39. The van der Waals surface area contributed by atoms with Gasteiger partial charge in [0.15, 0.2) is 6.10 Å². The molecule has 122 valence electrons. The molecular weight excluding hydrogens is 290 g/mol. The molecule has 1 atom stereocenters. The number of allylic oxidation sites excluding steroid dienone is 1. The van der Waals surface area contributed by atoms with Crippen LogP contribution in [0.3, 0.4) is 0 Å². The Balaban J connectivity index is 1.86. The predicted molar refractivity (Wildman–Crippen MR) is 75.9 cm³/mol. The van der Waals surface area contributed by atoms with E-state index in [4.69, 9.17) is 14.6 Å². The van der Waals surface area contributed by atoms with Crippen molar-refractivity contribution in [1.29, 1.82) is 0 Å². The van der Waals surface area contributed by atoms with E-state index < -0.39 is 24.3 Å². The largest absolute Gasteiger partial charge is 0.483 e. The molecule has 22 heavy (non-hydrogen) atoms. The van der Waals surface area contributed by atoms with Crippen molar-refractivity contribution in [3.63, 3.8) is 0 Å². The number of ether oxygens (including phenoxy) is 2. The summed E-state index contributed by atoms with van der Waals surface area (Å²) in [6.07, 6.45) is 1.48. The van der Waals surface area contributed by atoms with E-state index in [1.54, 1.807) is 6.92 Å². The van der Waals surface area contributed by atoms with Crippen LogP contribution in [0.1, 0.15) is 19.8 Å². The molecule has 7 heteroatoms. The van der Waals surface area contributed by atoms with Gasteiger partial charge in [-0.25, -0.2) is 0 Å². The van der Waals surface area contributed by atoms with Crippen LogP contribution in [0.5, 0.6) is 0 Å². The fraction of sp³-hybridized carbons (Fsp3) is 0.667. The summed E-state index contributed by atoms with van der Waals surface area (Å²) in [5, 5.41) is 9.04. The fourth-order valence-electron chi connectivity index (χ4n) is 2.70. The minimum absolute atomic E-state index is 0.103. The lowest BCUT2D eigenvalue weighted by Crippen LogP contribution is -2.46. The van der Waals surface area contributed by atoms with Crippen LogP contribution < -0.4 is 0 Å². The summed E-state index contributed by atoms with van der Waals surface area (Å²) in [5.41, 5.74) is 0. The third-order valence-electron chi connectivity index (χ3n) is 3.91. The number of rotatable bonds is 5. The number of hydrogen-bond donors (Lipinski definition) is 1. The van der Waals surface area contributed by atoms with Gasteiger partial charge in [0.25, 0.3) is 0 Å². The van der Waals surface area contributed by atoms with Crippen LogP contribution in [-0.4, -0.2) is 66.5 Å². The Labute approximate surface area is 128 Å². The predicted octanol–water partition coefficient (Wildman–Crippen LogP) is -0.325. The lowest BCUT2D eigenvalue weighted by molar-refractivity contribution is -0.150. The molecule has 7 nitrogen and oxygen atoms in total. The van der Waals surface area contributed by atoms with Gasteiger partial charge in [-0.05, 0) is 32.9 Å². The molecule has 0 aliphatic carbocycles. The number of ketones is 2. The van der Waals surface area contributed by atoms with Gasteiger partial charge in [0.05, 0.1) is 12.5 Å². The van der Waals surface area contributed by atoms with Gasteiger partial charge >= 0.3 is 5.97 Å². The maximum Gasteiger partial charge on any atom is 0.309 e. The molecule has 0 bridgehead atoms. The van der Waals surface area contributed by atoms with Crippen molar-refractivity contribution in [2.24, 2.45) is 5.92 Å². The molecule has 2 rings (SSSR count). The first kappa shape index (κ1) is 16.6. The second-order valence-corrected chi connectivity index (χ2v) is 5.43. The first-order valence-corrected chi connectivity index (χ1v) is 7.50. The highest BCUT2D eigenvalue weighted by molar-refractivity contribution is 6.43. The van der Waals surface area contributed by atoms with E-state index in [-0.39, 0.29) is 24.2 Å². The van der Waals surface area contributed by atoms with Crippen molar-refractivity contribution >= 4 is 17.5 Å². The Kier molecular flexibility index (Phi) is 5.68. The third-order valence-corrected chi connectivity index (χ3v) is 3.91. The molecule has 0 radical (unpaired) electrons. The molecule has 1 unspecified atom stereocenters. The van der Waals surface area contributed by atoms with E-state index in [9.17, 15) is 14.4 Å². The second kappa shape index (κ2) is 7.51. The first-order chi connectivity index (χ1) is 10.5. The quantitative estimate of drug-likeness (QED) is 0.549. The van der Waals surface area contributed by atoms with E-state index in [1.807, 2.05) is 4.90 Å². The zero-order chi connectivity index (χ0) is 16.1. The highest BCUT2D eigenvalue weighted by Crippen LogP contribution is 2.20. The number of Topliss-reactive ketones (excluding diaryl/α,β-unsaturated/α-hetero) is 1. The zero-order valence-electron chi connectivity index (χ0n) is 12.6. The standard InChI is InChI=1S/C15H21NO6/c1-2-21-15(20)10-3-5-16(6-4-10)8-13-14(19)12(18)7-11(9-17)22-13/h7,10,13,17H,2-6,8-9H2,1H3. The first-order valence-electron chi connectivity index (χ1n) is 7.50. The van der Waals surface area contributed by atoms with Crippen molar-refractivity contribution in [3.05, 3.63) is 11.8 Å². The highest BCUT2D eigenvalue weighted by atomic mass is 16.5.